The molecule has 0 spiro atoms. The molecule has 0 radical (unpaired) electrons. The molecule has 21 heavy (non-hydrogen) atoms. The number of benzene rings is 1. The monoisotopic (exact) mass is 285 g/mol. The molecule has 0 saturated heterocycles. The van der Waals surface area contributed by atoms with Crippen LogP contribution in [0.3, 0.4) is 0 Å². The summed E-state index contributed by atoms with van der Waals surface area (Å²) in [6.45, 7) is 8.23. The predicted molar refractivity (Wildman–Crippen MR) is 90.6 cm³/mol. The first-order valence-corrected chi connectivity index (χ1v) is 8.95. The van der Waals surface area contributed by atoms with Gasteiger partial charge in [0.1, 0.15) is 0 Å². The highest BCUT2D eigenvalue weighted by Gasteiger charge is 2.39. The Morgan fingerprint density at radius 2 is 2.00 bits per heavy atom. The summed E-state index contributed by atoms with van der Waals surface area (Å²) in [6, 6.07) is 10.0. The molecule has 0 aliphatic heterocycles. The Morgan fingerprint density at radius 1 is 1.19 bits per heavy atom. The zero-order valence-electron chi connectivity index (χ0n) is 14.0. The molecule has 2 aliphatic rings. The zero-order chi connectivity index (χ0) is 14.9. The molecular weight excluding hydrogens is 254 g/mol. The lowest BCUT2D eigenvalue weighted by atomic mass is 9.74. The number of rotatable bonds is 5. The maximum absolute atomic E-state index is 3.80. The molecule has 2 fully saturated rings. The largest absolute Gasteiger partial charge is 0.310 e. The summed E-state index contributed by atoms with van der Waals surface area (Å²) in [5.74, 6) is 1.61. The molecule has 1 heteroatoms. The highest BCUT2D eigenvalue weighted by atomic mass is 14.9. The molecule has 2 atom stereocenters. The Hall–Kier alpha value is -0.820. The van der Waals surface area contributed by atoms with Gasteiger partial charge >= 0.3 is 0 Å². The van der Waals surface area contributed by atoms with Crippen molar-refractivity contribution in [3.63, 3.8) is 0 Å². The van der Waals surface area contributed by atoms with Crippen molar-refractivity contribution in [1.82, 2.24) is 5.32 Å². The Kier molecular flexibility index (Phi) is 4.40. The summed E-state index contributed by atoms with van der Waals surface area (Å²) in [7, 11) is 0. The molecule has 1 nitrogen and oxygen atoms in total. The van der Waals surface area contributed by atoms with Gasteiger partial charge in [-0.2, -0.15) is 0 Å². The van der Waals surface area contributed by atoms with Crippen LogP contribution in [0.2, 0.25) is 0 Å². The van der Waals surface area contributed by atoms with Gasteiger partial charge in [0, 0.05) is 6.04 Å². The van der Waals surface area contributed by atoms with Crippen LogP contribution in [0.1, 0.15) is 82.4 Å². The van der Waals surface area contributed by atoms with Crippen molar-refractivity contribution in [1.29, 1.82) is 0 Å². The van der Waals surface area contributed by atoms with Crippen LogP contribution >= 0.6 is 0 Å². The van der Waals surface area contributed by atoms with E-state index in [1.54, 1.807) is 5.56 Å². The van der Waals surface area contributed by atoms with Gasteiger partial charge in [-0.3, -0.25) is 0 Å². The molecule has 2 saturated carbocycles. The van der Waals surface area contributed by atoms with Crippen LogP contribution in [0.5, 0.6) is 0 Å². The molecule has 2 aliphatic carbocycles. The van der Waals surface area contributed by atoms with Crippen molar-refractivity contribution in [2.75, 3.05) is 6.54 Å². The summed E-state index contributed by atoms with van der Waals surface area (Å²) >= 11 is 0. The minimum atomic E-state index is 0.472. The first-order valence-electron chi connectivity index (χ1n) is 8.95. The molecule has 0 heterocycles. The molecule has 0 aromatic heterocycles. The van der Waals surface area contributed by atoms with Crippen molar-refractivity contribution in [2.45, 2.75) is 71.3 Å². The Bertz CT molecular complexity index is 472. The lowest BCUT2D eigenvalue weighted by molar-refractivity contribution is 0.199. The Morgan fingerprint density at radius 3 is 2.57 bits per heavy atom. The minimum Gasteiger partial charge on any atom is -0.310 e. The maximum Gasteiger partial charge on any atom is 0.0353 e. The fraction of sp³-hybridized carbons (Fsp3) is 0.700. The normalized spacial score (nSPS) is 26.5. The van der Waals surface area contributed by atoms with Crippen LogP contribution in [0.15, 0.2) is 24.3 Å². The molecule has 1 N–H and O–H groups in total. The summed E-state index contributed by atoms with van der Waals surface area (Å²) in [6.07, 6.45) is 8.35. The van der Waals surface area contributed by atoms with Gasteiger partial charge in [0.15, 0.2) is 0 Å². The van der Waals surface area contributed by atoms with E-state index in [2.05, 4.69) is 50.4 Å². The van der Waals surface area contributed by atoms with E-state index in [1.165, 1.54) is 44.1 Å². The second-order valence-electron chi connectivity index (χ2n) is 7.82. The smallest absolute Gasteiger partial charge is 0.0353 e. The summed E-state index contributed by atoms with van der Waals surface area (Å²) in [4.78, 5) is 0. The summed E-state index contributed by atoms with van der Waals surface area (Å²) in [5.41, 5.74) is 3.58. The number of hydrogen-bond donors (Lipinski definition) is 1. The summed E-state index contributed by atoms with van der Waals surface area (Å²) in [5, 5.41) is 3.80. The fourth-order valence-electron chi connectivity index (χ4n) is 4.43. The topological polar surface area (TPSA) is 12.0 Å². The third-order valence-corrected chi connectivity index (χ3v) is 6.01. The fourth-order valence-corrected chi connectivity index (χ4v) is 4.43. The molecular formula is C20H31N. The van der Waals surface area contributed by atoms with E-state index in [1.807, 2.05) is 0 Å². The van der Waals surface area contributed by atoms with E-state index in [0.29, 0.717) is 11.5 Å². The molecule has 2 unspecified atom stereocenters. The van der Waals surface area contributed by atoms with Gasteiger partial charge in [0.05, 0.1) is 0 Å². The van der Waals surface area contributed by atoms with Gasteiger partial charge < -0.3 is 5.32 Å². The zero-order valence-corrected chi connectivity index (χ0v) is 14.0. The van der Waals surface area contributed by atoms with Gasteiger partial charge in [-0.15, -0.1) is 0 Å². The maximum atomic E-state index is 3.80. The van der Waals surface area contributed by atoms with Gasteiger partial charge in [0.25, 0.3) is 0 Å². The molecule has 0 bridgehead atoms. The van der Waals surface area contributed by atoms with Crippen molar-refractivity contribution in [3.05, 3.63) is 35.4 Å². The van der Waals surface area contributed by atoms with E-state index >= 15 is 0 Å². The van der Waals surface area contributed by atoms with Crippen LogP contribution in [-0.4, -0.2) is 6.54 Å². The Balaban J connectivity index is 1.86. The van der Waals surface area contributed by atoms with Crippen molar-refractivity contribution < 1.29 is 0 Å². The molecule has 1 aromatic carbocycles. The van der Waals surface area contributed by atoms with E-state index < -0.39 is 0 Å². The third kappa shape index (κ3) is 3.04. The van der Waals surface area contributed by atoms with Crippen LogP contribution < -0.4 is 5.32 Å². The quantitative estimate of drug-likeness (QED) is 0.760. The van der Waals surface area contributed by atoms with E-state index in [-0.39, 0.29) is 0 Å². The van der Waals surface area contributed by atoms with E-state index in [0.717, 1.165) is 18.4 Å². The molecule has 3 rings (SSSR count). The van der Waals surface area contributed by atoms with Crippen LogP contribution in [0.25, 0.3) is 0 Å². The van der Waals surface area contributed by atoms with Gasteiger partial charge in [0.2, 0.25) is 0 Å². The van der Waals surface area contributed by atoms with Crippen LogP contribution in [-0.2, 0) is 0 Å². The van der Waals surface area contributed by atoms with Crippen molar-refractivity contribution >= 4 is 0 Å². The van der Waals surface area contributed by atoms with Crippen molar-refractivity contribution in [2.24, 2.45) is 11.3 Å². The average Bonchev–Trinajstić information content (AvgIpc) is 2.74. The second kappa shape index (κ2) is 6.12. The summed E-state index contributed by atoms with van der Waals surface area (Å²) < 4.78 is 0. The number of nitrogens with one attached hydrogen (secondary N) is 1. The van der Waals surface area contributed by atoms with Gasteiger partial charge in [-0.05, 0) is 60.6 Å². The van der Waals surface area contributed by atoms with Gasteiger partial charge in [-0.25, -0.2) is 0 Å². The van der Waals surface area contributed by atoms with Crippen LogP contribution in [0, 0.1) is 11.3 Å². The highest BCUT2D eigenvalue weighted by molar-refractivity contribution is 5.30. The lowest BCUT2D eigenvalue weighted by Gasteiger charge is -2.36. The third-order valence-electron chi connectivity index (χ3n) is 6.01. The standard InChI is InChI=1S/C20H31N/c1-4-21-19(18-12-7-13-20(18,2)3)17-11-6-10-16(14-17)15-8-5-9-15/h6,10-11,14-15,18-19,21H,4-5,7-9,12-13H2,1-3H3. The van der Waals surface area contributed by atoms with E-state index in [4.69, 9.17) is 0 Å². The first kappa shape index (κ1) is 15.1. The average molecular weight is 285 g/mol. The highest BCUT2D eigenvalue weighted by Crippen LogP contribution is 2.49. The molecule has 0 amide bonds. The first-order chi connectivity index (χ1) is 10.1. The van der Waals surface area contributed by atoms with Crippen molar-refractivity contribution in [3.8, 4) is 0 Å². The minimum absolute atomic E-state index is 0.472. The Labute approximate surface area is 130 Å². The van der Waals surface area contributed by atoms with Gasteiger partial charge in [-0.1, -0.05) is 57.9 Å². The number of hydrogen-bond acceptors (Lipinski definition) is 1. The SMILES string of the molecule is CCNC(c1cccc(C2CCC2)c1)C1CCCC1(C)C. The second-order valence-corrected chi connectivity index (χ2v) is 7.82. The molecule has 1 aromatic rings. The van der Waals surface area contributed by atoms with E-state index in [9.17, 15) is 0 Å². The lowest BCUT2D eigenvalue weighted by Crippen LogP contribution is -2.34. The predicted octanol–water partition coefficient (Wildman–Crippen LogP) is 5.43. The molecule has 116 valence electrons. The van der Waals surface area contributed by atoms with Crippen LogP contribution in [0.4, 0.5) is 0 Å².